The van der Waals surface area contributed by atoms with Gasteiger partial charge in [0.1, 0.15) is 0 Å². The molecule has 28 heavy (non-hydrogen) atoms. The molecule has 7 nitrogen and oxygen atoms in total. The lowest BCUT2D eigenvalue weighted by Gasteiger charge is -2.33. The maximum atomic E-state index is 12.8. The SMILES string of the molecule is COC(=O)CSC1=C(C#N)[C@H](c2ccc3c(c2)OCO3)C2=C(CCCC2=O)N1. The van der Waals surface area contributed by atoms with Crippen molar-refractivity contribution >= 4 is 23.5 Å². The number of carbonyl (C=O) groups excluding carboxylic acids is 2. The number of carbonyl (C=O) groups is 2. The van der Waals surface area contributed by atoms with Crippen molar-refractivity contribution in [1.29, 1.82) is 5.26 Å². The number of nitrogens with one attached hydrogen (secondary N) is 1. The van der Waals surface area contributed by atoms with Crippen molar-refractivity contribution in [2.24, 2.45) is 0 Å². The number of ether oxygens (including phenoxy) is 3. The van der Waals surface area contributed by atoms with Gasteiger partial charge < -0.3 is 19.5 Å². The molecule has 0 fully saturated rings. The summed E-state index contributed by atoms with van der Waals surface area (Å²) in [5, 5.41) is 13.7. The van der Waals surface area contributed by atoms with Crippen molar-refractivity contribution in [1.82, 2.24) is 5.32 Å². The average molecular weight is 398 g/mol. The molecule has 1 aliphatic carbocycles. The highest BCUT2D eigenvalue weighted by atomic mass is 32.2. The van der Waals surface area contributed by atoms with Crippen molar-refractivity contribution in [3.05, 3.63) is 45.6 Å². The van der Waals surface area contributed by atoms with E-state index in [2.05, 4.69) is 11.4 Å². The zero-order chi connectivity index (χ0) is 19.7. The number of ketones is 1. The van der Waals surface area contributed by atoms with Crippen LogP contribution in [0.4, 0.5) is 0 Å². The topological polar surface area (TPSA) is 97.7 Å². The van der Waals surface area contributed by atoms with Crippen LogP contribution in [0.3, 0.4) is 0 Å². The first-order chi connectivity index (χ1) is 13.6. The Bertz CT molecular complexity index is 960. The molecule has 0 saturated heterocycles. The summed E-state index contributed by atoms with van der Waals surface area (Å²) < 4.78 is 15.6. The standard InChI is InChI=1S/C20H18N2O5S/c1-25-17(24)9-28-20-12(8-21)18(19-13(22-20)3-2-4-14(19)23)11-5-6-15-16(7-11)27-10-26-15/h5-7,18,22H,2-4,9-10H2,1H3/t18-/m0/s1. The number of hydrogen-bond donors (Lipinski definition) is 1. The second kappa shape index (κ2) is 7.60. The van der Waals surface area contributed by atoms with Crippen molar-refractivity contribution in [2.45, 2.75) is 25.2 Å². The van der Waals surface area contributed by atoms with Gasteiger partial charge in [0, 0.05) is 17.7 Å². The van der Waals surface area contributed by atoms with Crippen LogP contribution in [-0.2, 0) is 14.3 Å². The van der Waals surface area contributed by atoms with E-state index in [0.717, 1.165) is 24.1 Å². The minimum atomic E-state index is -0.497. The van der Waals surface area contributed by atoms with Crippen LogP contribution in [0.5, 0.6) is 11.5 Å². The Morgan fingerprint density at radius 2 is 2.18 bits per heavy atom. The van der Waals surface area contributed by atoms with E-state index in [4.69, 9.17) is 14.2 Å². The summed E-state index contributed by atoms with van der Waals surface area (Å²) in [5.74, 6) is 0.488. The van der Waals surface area contributed by atoms with Gasteiger partial charge in [-0.05, 0) is 30.5 Å². The molecule has 3 aliphatic rings. The molecule has 0 saturated carbocycles. The predicted octanol–water partition coefficient (Wildman–Crippen LogP) is 2.75. The highest BCUT2D eigenvalue weighted by molar-refractivity contribution is 8.03. The summed E-state index contributed by atoms with van der Waals surface area (Å²) in [7, 11) is 1.33. The van der Waals surface area contributed by atoms with E-state index in [0.29, 0.717) is 34.1 Å². The van der Waals surface area contributed by atoms with Gasteiger partial charge in [-0.1, -0.05) is 17.8 Å². The third-order valence-corrected chi connectivity index (χ3v) is 5.95. The zero-order valence-corrected chi connectivity index (χ0v) is 16.1. The van der Waals surface area contributed by atoms with Gasteiger partial charge in [0.25, 0.3) is 0 Å². The fourth-order valence-corrected chi connectivity index (χ4v) is 4.55. The first-order valence-corrected chi connectivity index (χ1v) is 9.87. The van der Waals surface area contributed by atoms with E-state index in [-0.39, 0.29) is 24.3 Å². The molecule has 1 aromatic rings. The maximum absolute atomic E-state index is 12.8. The van der Waals surface area contributed by atoms with E-state index < -0.39 is 5.92 Å². The smallest absolute Gasteiger partial charge is 0.316 e. The Balaban J connectivity index is 1.79. The van der Waals surface area contributed by atoms with Crippen molar-refractivity contribution in [3.63, 3.8) is 0 Å². The summed E-state index contributed by atoms with van der Waals surface area (Å²) in [6, 6.07) is 7.73. The first kappa shape index (κ1) is 18.4. The fourth-order valence-electron chi connectivity index (χ4n) is 3.65. The lowest BCUT2D eigenvalue weighted by Crippen LogP contribution is -2.31. The normalized spacial score (nSPS) is 20.4. The van der Waals surface area contributed by atoms with Gasteiger partial charge in [-0.3, -0.25) is 9.59 Å². The maximum Gasteiger partial charge on any atom is 0.316 e. The number of fused-ring (bicyclic) bond motifs is 1. The van der Waals surface area contributed by atoms with Gasteiger partial charge in [-0.25, -0.2) is 0 Å². The van der Waals surface area contributed by atoms with E-state index in [1.807, 2.05) is 12.1 Å². The van der Waals surface area contributed by atoms with Crippen LogP contribution in [0.2, 0.25) is 0 Å². The van der Waals surface area contributed by atoms with Gasteiger partial charge >= 0.3 is 5.97 Å². The predicted molar refractivity (Wildman–Crippen MR) is 101 cm³/mol. The summed E-state index contributed by atoms with van der Waals surface area (Å²) in [6.07, 6.45) is 1.95. The minimum absolute atomic E-state index is 0.0428. The summed E-state index contributed by atoms with van der Waals surface area (Å²) in [6.45, 7) is 0.152. The van der Waals surface area contributed by atoms with Crippen LogP contribution >= 0.6 is 11.8 Å². The number of hydrogen-bond acceptors (Lipinski definition) is 8. The fraction of sp³-hybridized carbons (Fsp3) is 0.350. The molecular weight excluding hydrogens is 380 g/mol. The second-order valence-corrected chi connectivity index (χ2v) is 7.54. The average Bonchev–Trinajstić information content (AvgIpc) is 3.18. The summed E-state index contributed by atoms with van der Waals surface area (Å²) in [4.78, 5) is 24.4. The summed E-state index contributed by atoms with van der Waals surface area (Å²) in [5.41, 5.74) is 2.66. The number of methoxy groups -OCH3 is 1. The van der Waals surface area contributed by atoms with E-state index >= 15 is 0 Å². The third-order valence-electron chi connectivity index (χ3n) is 4.95. The van der Waals surface area contributed by atoms with Crippen LogP contribution in [-0.4, -0.2) is 31.4 Å². The van der Waals surface area contributed by atoms with Crippen molar-refractivity contribution in [3.8, 4) is 17.6 Å². The Morgan fingerprint density at radius 1 is 1.36 bits per heavy atom. The molecule has 0 radical (unpaired) electrons. The highest BCUT2D eigenvalue weighted by Crippen LogP contribution is 2.46. The van der Waals surface area contributed by atoms with Gasteiger partial charge in [0.15, 0.2) is 17.3 Å². The zero-order valence-electron chi connectivity index (χ0n) is 15.2. The number of esters is 1. The molecule has 2 heterocycles. The molecule has 0 bridgehead atoms. The monoisotopic (exact) mass is 398 g/mol. The Kier molecular flexibility index (Phi) is 5.01. The van der Waals surface area contributed by atoms with Crippen LogP contribution in [0.25, 0.3) is 0 Å². The number of nitrogens with zero attached hydrogens (tertiary/aromatic N) is 1. The summed E-state index contributed by atoms with van der Waals surface area (Å²) >= 11 is 1.21. The second-order valence-electron chi connectivity index (χ2n) is 6.56. The highest BCUT2D eigenvalue weighted by Gasteiger charge is 2.37. The number of rotatable bonds is 4. The Labute approximate surface area is 166 Å². The number of allylic oxidation sites excluding steroid dienone is 3. The Hall–Kier alpha value is -2.92. The molecule has 0 amide bonds. The molecule has 4 rings (SSSR count). The molecule has 2 aliphatic heterocycles. The molecule has 144 valence electrons. The van der Waals surface area contributed by atoms with E-state index in [1.54, 1.807) is 6.07 Å². The molecule has 1 N–H and O–H groups in total. The number of thioether (sulfide) groups is 1. The Morgan fingerprint density at radius 3 is 2.96 bits per heavy atom. The molecule has 0 unspecified atom stereocenters. The molecule has 1 aromatic carbocycles. The third kappa shape index (κ3) is 3.22. The molecule has 8 heteroatoms. The van der Waals surface area contributed by atoms with Crippen LogP contribution in [0.15, 0.2) is 40.1 Å². The molecule has 0 spiro atoms. The minimum Gasteiger partial charge on any atom is -0.468 e. The van der Waals surface area contributed by atoms with Crippen molar-refractivity contribution in [2.75, 3.05) is 19.7 Å². The largest absolute Gasteiger partial charge is 0.468 e. The van der Waals surface area contributed by atoms with Gasteiger partial charge in [-0.15, -0.1) is 0 Å². The van der Waals surface area contributed by atoms with Gasteiger partial charge in [-0.2, -0.15) is 5.26 Å². The van der Waals surface area contributed by atoms with Crippen molar-refractivity contribution < 1.29 is 23.8 Å². The van der Waals surface area contributed by atoms with Crippen LogP contribution in [0.1, 0.15) is 30.7 Å². The molecular formula is C20H18N2O5S. The van der Waals surface area contributed by atoms with E-state index in [1.165, 1.54) is 18.9 Å². The van der Waals surface area contributed by atoms with Gasteiger partial charge in [0.2, 0.25) is 6.79 Å². The molecule has 1 atom stereocenters. The van der Waals surface area contributed by atoms with E-state index in [9.17, 15) is 14.9 Å². The lowest BCUT2D eigenvalue weighted by molar-refractivity contribution is -0.137. The number of benzene rings is 1. The molecule has 0 aromatic heterocycles. The first-order valence-electron chi connectivity index (χ1n) is 8.89. The van der Waals surface area contributed by atoms with Crippen LogP contribution < -0.4 is 14.8 Å². The quantitative estimate of drug-likeness (QED) is 0.773. The number of Topliss-reactive ketones (excluding diaryl/α,β-unsaturated/α-hetero) is 1. The number of dihydropyridines is 1. The van der Waals surface area contributed by atoms with Gasteiger partial charge in [0.05, 0.1) is 35.5 Å². The number of nitriles is 1. The lowest BCUT2D eigenvalue weighted by atomic mass is 9.77. The van der Waals surface area contributed by atoms with Crippen LogP contribution in [0, 0.1) is 11.3 Å².